The summed E-state index contributed by atoms with van der Waals surface area (Å²) >= 11 is 0. The Kier molecular flexibility index (Phi) is 4.61. The van der Waals surface area contributed by atoms with E-state index in [2.05, 4.69) is 11.9 Å². The molecule has 2 amide bonds. The van der Waals surface area contributed by atoms with Crippen molar-refractivity contribution in [3.63, 3.8) is 0 Å². The number of carbonyl (C=O) groups is 2. The van der Waals surface area contributed by atoms with Crippen LogP contribution in [0.5, 0.6) is 5.75 Å². The van der Waals surface area contributed by atoms with Crippen LogP contribution in [0.2, 0.25) is 0 Å². The van der Waals surface area contributed by atoms with Crippen LogP contribution in [0, 0.1) is 11.8 Å². The van der Waals surface area contributed by atoms with E-state index in [0.717, 1.165) is 37.0 Å². The number of para-hydroxylation sites is 2. The van der Waals surface area contributed by atoms with E-state index in [4.69, 9.17) is 4.74 Å². The molecule has 1 saturated carbocycles. The van der Waals surface area contributed by atoms with Gasteiger partial charge in [0.2, 0.25) is 11.8 Å². The molecule has 0 spiro atoms. The van der Waals surface area contributed by atoms with E-state index in [0.29, 0.717) is 12.2 Å². The Bertz CT molecular complexity index is 989. The second-order valence-corrected chi connectivity index (χ2v) is 8.43. The molecular formula is C25H26N2O3. The van der Waals surface area contributed by atoms with Gasteiger partial charge in [-0.2, -0.15) is 0 Å². The largest absolute Gasteiger partial charge is 0.467 e. The van der Waals surface area contributed by atoms with Gasteiger partial charge in [-0.1, -0.05) is 48.9 Å². The molecule has 1 saturated heterocycles. The molecular weight excluding hydrogens is 376 g/mol. The summed E-state index contributed by atoms with van der Waals surface area (Å²) in [7, 11) is 0. The van der Waals surface area contributed by atoms with Crippen LogP contribution in [0.4, 0.5) is 5.69 Å². The summed E-state index contributed by atoms with van der Waals surface area (Å²) in [6.07, 6.45) is 5.55. The molecule has 5 nitrogen and oxygen atoms in total. The lowest BCUT2D eigenvalue weighted by Crippen LogP contribution is -2.71. The molecule has 1 N–H and O–H groups in total. The highest BCUT2D eigenvalue weighted by atomic mass is 16.5. The Labute approximate surface area is 176 Å². The lowest BCUT2D eigenvalue weighted by atomic mass is 9.61. The van der Waals surface area contributed by atoms with Crippen LogP contribution in [0.3, 0.4) is 0 Å². The van der Waals surface area contributed by atoms with E-state index in [1.807, 2.05) is 54.6 Å². The summed E-state index contributed by atoms with van der Waals surface area (Å²) in [4.78, 5) is 29.0. The third kappa shape index (κ3) is 2.76. The van der Waals surface area contributed by atoms with Crippen LogP contribution in [0.25, 0.3) is 0 Å². The summed E-state index contributed by atoms with van der Waals surface area (Å²) < 4.78 is 6.60. The van der Waals surface area contributed by atoms with Crippen LogP contribution in [-0.4, -0.2) is 29.0 Å². The molecule has 5 heteroatoms. The maximum Gasteiger partial charge on any atom is 0.239 e. The van der Waals surface area contributed by atoms with Gasteiger partial charge in [0.25, 0.3) is 0 Å². The van der Waals surface area contributed by atoms with Crippen molar-refractivity contribution in [1.29, 1.82) is 0 Å². The lowest BCUT2D eigenvalue weighted by Gasteiger charge is -2.60. The van der Waals surface area contributed by atoms with Crippen molar-refractivity contribution in [2.24, 2.45) is 11.8 Å². The number of nitrogens with one attached hydrogen (secondary N) is 1. The number of likely N-dealkylation sites (tertiary alicyclic amines) is 1. The number of benzene rings is 2. The summed E-state index contributed by atoms with van der Waals surface area (Å²) in [6, 6.07) is 17.2. The molecule has 4 atom stereocenters. The maximum atomic E-state index is 13.8. The molecule has 2 aliphatic heterocycles. The number of piperidine rings is 1. The highest BCUT2D eigenvalue weighted by molar-refractivity contribution is 6.08. The lowest BCUT2D eigenvalue weighted by molar-refractivity contribution is -0.204. The predicted molar refractivity (Wildman–Crippen MR) is 115 cm³/mol. The molecule has 2 aromatic carbocycles. The maximum absolute atomic E-state index is 13.8. The van der Waals surface area contributed by atoms with E-state index in [1.54, 1.807) is 11.0 Å². The van der Waals surface area contributed by atoms with Gasteiger partial charge in [0.05, 0.1) is 0 Å². The number of amides is 2. The first kappa shape index (κ1) is 18.9. The molecule has 154 valence electrons. The average molecular weight is 402 g/mol. The molecule has 2 fully saturated rings. The summed E-state index contributed by atoms with van der Waals surface area (Å²) in [5, 5.41) is 2.98. The second-order valence-electron chi connectivity index (χ2n) is 8.43. The normalized spacial score (nSPS) is 29.3. The van der Waals surface area contributed by atoms with Gasteiger partial charge >= 0.3 is 0 Å². The zero-order valence-electron chi connectivity index (χ0n) is 16.9. The summed E-state index contributed by atoms with van der Waals surface area (Å²) in [5.74, 6) is -0.508. The third-order valence-electron chi connectivity index (χ3n) is 6.86. The van der Waals surface area contributed by atoms with Crippen molar-refractivity contribution in [2.75, 3.05) is 11.9 Å². The molecule has 1 aliphatic carbocycles. The molecule has 5 rings (SSSR count). The van der Waals surface area contributed by atoms with Crippen LogP contribution < -0.4 is 10.1 Å². The van der Waals surface area contributed by atoms with Gasteiger partial charge in [-0.3, -0.25) is 14.5 Å². The van der Waals surface area contributed by atoms with Crippen LogP contribution in [0.1, 0.15) is 37.2 Å². The highest BCUT2D eigenvalue weighted by Gasteiger charge is 2.64. The number of rotatable bonds is 4. The van der Waals surface area contributed by atoms with Crippen molar-refractivity contribution in [2.45, 2.75) is 37.3 Å². The molecule has 3 aliphatic rings. The van der Waals surface area contributed by atoms with Gasteiger partial charge in [0.15, 0.2) is 5.72 Å². The fourth-order valence-electron chi connectivity index (χ4n) is 5.70. The zero-order chi connectivity index (χ0) is 20.7. The Balaban J connectivity index is 1.63. The smallest absolute Gasteiger partial charge is 0.239 e. The van der Waals surface area contributed by atoms with Crippen LogP contribution >= 0.6 is 0 Å². The number of hydrogen-bond acceptors (Lipinski definition) is 3. The first-order valence-corrected chi connectivity index (χ1v) is 10.7. The molecule has 2 heterocycles. The van der Waals surface area contributed by atoms with Gasteiger partial charge in [-0.15, -0.1) is 6.58 Å². The molecule has 2 bridgehead atoms. The number of anilines is 1. The minimum absolute atomic E-state index is 0.0883. The Morgan fingerprint density at radius 2 is 1.93 bits per heavy atom. The van der Waals surface area contributed by atoms with E-state index in [9.17, 15) is 9.59 Å². The highest BCUT2D eigenvalue weighted by Crippen LogP contribution is 2.58. The van der Waals surface area contributed by atoms with Gasteiger partial charge in [0, 0.05) is 30.5 Å². The predicted octanol–water partition coefficient (Wildman–Crippen LogP) is 4.33. The number of hydrogen-bond donors (Lipinski definition) is 1. The second kappa shape index (κ2) is 7.31. The SMILES string of the molecule is C=CCN1C(=O)[C@H](C(=O)Nc2ccccc2)[C@H]2c3ccccc3O[C@@]13CCCC[C@H]23. The van der Waals surface area contributed by atoms with Gasteiger partial charge in [0.1, 0.15) is 11.7 Å². The Hall–Kier alpha value is -3.08. The Morgan fingerprint density at radius 1 is 1.17 bits per heavy atom. The Morgan fingerprint density at radius 3 is 2.73 bits per heavy atom. The van der Waals surface area contributed by atoms with Crippen LogP contribution in [-0.2, 0) is 9.59 Å². The topological polar surface area (TPSA) is 58.6 Å². The van der Waals surface area contributed by atoms with E-state index < -0.39 is 11.6 Å². The fourth-order valence-corrected chi connectivity index (χ4v) is 5.70. The quantitative estimate of drug-likeness (QED) is 0.612. The van der Waals surface area contributed by atoms with E-state index in [1.165, 1.54) is 0 Å². The standard InChI is InChI=1S/C25H26N2O3/c1-2-16-27-24(29)22(23(28)26-17-10-4-3-5-11-17)21-18-12-6-7-14-20(18)30-25(27)15-9-8-13-19(21)25/h2-7,10-12,14,19,21-22H,1,8-9,13,15-16H2,(H,26,28)/t19-,21+,22+,25-/m1/s1. The monoisotopic (exact) mass is 402 g/mol. The van der Waals surface area contributed by atoms with Crippen molar-refractivity contribution < 1.29 is 14.3 Å². The minimum Gasteiger partial charge on any atom is -0.467 e. The van der Waals surface area contributed by atoms with E-state index in [-0.39, 0.29) is 23.7 Å². The summed E-state index contributed by atoms with van der Waals surface area (Å²) in [5.41, 5.74) is 0.984. The molecule has 30 heavy (non-hydrogen) atoms. The average Bonchev–Trinajstić information content (AvgIpc) is 2.77. The number of fused-ring (bicyclic) bond motifs is 2. The molecule has 0 radical (unpaired) electrons. The fraction of sp³-hybridized carbons (Fsp3) is 0.360. The number of nitrogens with zero attached hydrogens (tertiary/aromatic N) is 1. The van der Waals surface area contributed by atoms with E-state index >= 15 is 0 Å². The van der Waals surface area contributed by atoms with Crippen molar-refractivity contribution >= 4 is 17.5 Å². The number of ether oxygens (including phenoxy) is 1. The first-order valence-electron chi connectivity index (χ1n) is 10.7. The van der Waals surface area contributed by atoms with Crippen molar-refractivity contribution in [3.05, 3.63) is 72.8 Å². The number of carbonyl (C=O) groups excluding carboxylic acids is 2. The molecule has 0 unspecified atom stereocenters. The zero-order valence-corrected chi connectivity index (χ0v) is 16.9. The van der Waals surface area contributed by atoms with Gasteiger partial charge in [-0.25, -0.2) is 0 Å². The van der Waals surface area contributed by atoms with Crippen molar-refractivity contribution in [3.8, 4) is 5.75 Å². The summed E-state index contributed by atoms with van der Waals surface area (Å²) in [6.45, 7) is 4.24. The van der Waals surface area contributed by atoms with Crippen LogP contribution in [0.15, 0.2) is 67.3 Å². The minimum atomic E-state index is -0.786. The molecule has 2 aromatic rings. The third-order valence-corrected chi connectivity index (χ3v) is 6.86. The van der Waals surface area contributed by atoms with Crippen molar-refractivity contribution in [1.82, 2.24) is 4.90 Å². The molecule has 0 aromatic heterocycles. The van der Waals surface area contributed by atoms with Gasteiger partial charge < -0.3 is 10.1 Å². The van der Waals surface area contributed by atoms with Gasteiger partial charge in [-0.05, 0) is 36.6 Å². The first-order chi connectivity index (χ1) is 14.7.